The van der Waals surface area contributed by atoms with Crippen LogP contribution in [0.3, 0.4) is 0 Å². The largest absolute Gasteiger partial charge is 0.303 e. The maximum Gasteiger partial charge on any atom is 0.127 e. The number of aldehydes is 1. The zero-order chi connectivity index (χ0) is 10.7. The van der Waals surface area contributed by atoms with E-state index in [0.29, 0.717) is 0 Å². The minimum Gasteiger partial charge on any atom is -0.303 e. The highest BCUT2D eigenvalue weighted by Gasteiger charge is 2.08. The molecule has 15 heavy (non-hydrogen) atoms. The molecule has 0 radical (unpaired) electrons. The smallest absolute Gasteiger partial charge is 0.127 e. The normalized spacial score (nSPS) is 20.1. The first-order valence-corrected chi connectivity index (χ1v) is 6.45. The average Bonchev–Trinajstić information content (AvgIpc) is 2.65. The molecule has 0 spiro atoms. The van der Waals surface area contributed by atoms with E-state index in [0.717, 1.165) is 19.1 Å². The van der Waals surface area contributed by atoms with Gasteiger partial charge < -0.3 is 4.79 Å². The minimum atomic E-state index is 0.0869. The van der Waals surface area contributed by atoms with Crippen LogP contribution in [0.15, 0.2) is 39.7 Å². The summed E-state index contributed by atoms with van der Waals surface area (Å²) in [6, 6.07) is 4.20. The Kier molecular flexibility index (Phi) is 3.54. The molecule has 1 heterocycles. The summed E-state index contributed by atoms with van der Waals surface area (Å²) in [5, 5.41) is 0. The molecule has 2 rings (SSSR count). The van der Waals surface area contributed by atoms with Gasteiger partial charge in [0.25, 0.3) is 0 Å². The zero-order valence-electron chi connectivity index (χ0n) is 8.15. The molecule has 0 aromatic carbocycles. The second-order valence-electron chi connectivity index (χ2n) is 3.56. The molecule has 0 saturated carbocycles. The molecule has 0 fully saturated rings. The van der Waals surface area contributed by atoms with Crippen LogP contribution in [0, 0.1) is 5.92 Å². The van der Waals surface area contributed by atoms with Gasteiger partial charge in [0.15, 0.2) is 0 Å². The Hall–Kier alpha value is -0.670. The Morgan fingerprint density at radius 1 is 1.53 bits per heavy atom. The first kappa shape index (κ1) is 10.8. The van der Waals surface area contributed by atoms with E-state index in [4.69, 9.17) is 0 Å². The predicted molar refractivity (Wildman–Crippen MR) is 67.1 cm³/mol. The van der Waals surface area contributed by atoms with E-state index in [2.05, 4.69) is 40.2 Å². The maximum absolute atomic E-state index is 10.5. The fraction of sp³-hybridized carbons (Fsp3) is 0.250. The van der Waals surface area contributed by atoms with Crippen LogP contribution in [0.2, 0.25) is 0 Å². The standard InChI is InChI=1S/C12H11BrOS/c13-12-6-5-11(15-12)7-9-1-3-10(8-14)4-2-9/h1-3,5-6,8,10H,4,7H2. The van der Waals surface area contributed by atoms with Crippen molar-refractivity contribution in [2.24, 2.45) is 5.92 Å². The SMILES string of the molecule is O=CC1C=CC(Cc2ccc(Br)s2)=CC1. The number of halogens is 1. The number of hydrogen-bond donors (Lipinski definition) is 0. The first-order chi connectivity index (χ1) is 7.28. The van der Waals surface area contributed by atoms with E-state index in [9.17, 15) is 4.79 Å². The van der Waals surface area contributed by atoms with Crippen molar-refractivity contribution >= 4 is 33.6 Å². The fourth-order valence-electron chi connectivity index (χ4n) is 1.56. The van der Waals surface area contributed by atoms with Gasteiger partial charge in [-0.15, -0.1) is 11.3 Å². The third-order valence-electron chi connectivity index (χ3n) is 2.39. The van der Waals surface area contributed by atoms with E-state index in [-0.39, 0.29) is 5.92 Å². The van der Waals surface area contributed by atoms with Crippen molar-refractivity contribution in [1.29, 1.82) is 0 Å². The Morgan fingerprint density at radius 2 is 2.40 bits per heavy atom. The van der Waals surface area contributed by atoms with E-state index in [1.54, 1.807) is 11.3 Å². The van der Waals surface area contributed by atoms with Gasteiger partial charge in [0, 0.05) is 17.2 Å². The molecule has 78 valence electrons. The molecular formula is C12H11BrOS. The van der Waals surface area contributed by atoms with Crippen molar-refractivity contribution in [3.63, 3.8) is 0 Å². The van der Waals surface area contributed by atoms with Crippen LogP contribution in [-0.4, -0.2) is 6.29 Å². The summed E-state index contributed by atoms with van der Waals surface area (Å²) >= 11 is 5.21. The van der Waals surface area contributed by atoms with Gasteiger partial charge in [-0.2, -0.15) is 0 Å². The van der Waals surface area contributed by atoms with Crippen LogP contribution >= 0.6 is 27.3 Å². The third-order valence-corrected chi connectivity index (χ3v) is 4.02. The Morgan fingerprint density at radius 3 is 2.93 bits per heavy atom. The summed E-state index contributed by atoms with van der Waals surface area (Å²) in [6.45, 7) is 0. The number of rotatable bonds is 3. The van der Waals surface area contributed by atoms with Crippen molar-refractivity contribution in [3.8, 4) is 0 Å². The van der Waals surface area contributed by atoms with Crippen molar-refractivity contribution < 1.29 is 4.79 Å². The molecule has 3 heteroatoms. The lowest BCUT2D eigenvalue weighted by molar-refractivity contribution is -0.109. The van der Waals surface area contributed by atoms with Gasteiger partial charge in [-0.1, -0.05) is 18.2 Å². The van der Waals surface area contributed by atoms with Crippen molar-refractivity contribution in [2.45, 2.75) is 12.8 Å². The quantitative estimate of drug-likeness (QED) is 0.772. The topological polar surface area (TPSA) is 17.1 Å². The Balaban J connectivity index is 2.00. The molecule has 0 aliphatic heterocycles. The number of allylic oxidation sites excluding steroid dienone is 4. The lowest BCUT2D eigenvalue weighted by atomic mass is 9.96. The van der Waals surface area contributed by atoms with E-state index in [1.807, 2.05) is 6.08 Å². The summed E-state index contributed by atoms with van der Waals surface area (Å²) in [5.74, 6) is 0.0869. The number of carbonyl (C=O) groups is 1. The summed E-state index contributed by atoms with van der Waals surface area (Å²) in [4.78, 5) is 11.9. The minimum absolute atomic E-state index is 0.0869. The van der Waals surface area contributed by atoms with Crippen LogP contribution in [0.5, 0.6) is 0 Å². The molecule has 0 saturated heterocycles. The number of thiophene rings is 1. The highest BCUT2D eigenvalue weighted by atomic mass is 79.9. The molecule has 1 unspecified atom stereocenters. The van der Waals surface area contributed by atoms with Crippen molar-refractivity contribution in [3.05, 3.63) is 44.6 Å². The highest BCUT2D eigenvalue weighted by Crippen LogP contribution is 2.26. The van der Waals surface area contributed by atoms with Gasteiger partial charge in [0.05, 0.1) is 3.79 Å². The van der Waals surface area contributed by atoms with Gasteiger partial charge in [0.2, 0.25) is 0 Å². The molecule has 1 aliphatic carbocycles. The van der Waals surface area contributed by atoms with E-state index >= 15 is 0 Å². The van der Waals surface area contributed by atoms with Crippen molar-refractivity contribution in [2.75, 3.05) is 0 Å². The van der Waals surface area contributed by atoms with Crippen LogP contribution in [0.1, 0.15) is 11.3 Å². The van der Waals surface area contributed by atoms with Crippen molar-refractivity contribution in [1.82, 2.24) is 0 Å². The third kappa shape index (κ3) is 2.89. The predicted octanol–water partition coefficient (Wildman–Crippen LogP) is 3.75. The van der Waals surface area contributed by atoms with Crippen LogP contribution < -0.4 is 0 Å². The molecule has 0 bridgehead atoms. The van der Waals surface area contributed by atoms with Crippen LogP contribution in [0.25, 0.3) is 0 Å². The average molecular weight is 283 g/mol. The summed E-state index contributed by atoms with van der Waals surface area (Å²) < 4.78 is 1.17. The summed E-state index contributed by atoms with van der Waals surface area (Å²) in [6.07, 6.45) is 9.04. The molecule has 0 N–H and O–H groups in total. The summed E-state index contributed by atoms with van der Waals surface area (Å²) in [7, 11) is 0. The first-order valence-electron chi connectivity index (χ1n) is 4.84. The van der Waals surface area contributed by atoms with Gasteiger partial charge in [-0.3, -0.25) is 0 Å². The number of hydrogen-bond acceptors (Lipinski definition) is 2. The lowest BCUT2D eigenvalue weighted by Gasteiger charge is -2.09. The van der Waals surface area contributed by atoms with Crippen LogP contribution in [-0.2, 0) is 11.2 Å². The van der Waals surface area contributed by atoms with Gasteiger partial charge in [-0.05, 0) is 40.1 Å². The van der Waals surface area contributed by atoms with Crippen LogP contribution in [0.4, 0.5) is 0 Å². The van der Waals surface area contributed by atoms with Gasteiger partial charge >= 0.3 is 0 Å². The number of carbonyl (C=O) groups excluding carboxylic acids is 1. The second-order valence-corrected chi connectivity index (χ2v) is 6.10. The monoisotopic (exact) mass is 282 g/mol. The van der Waals surface area contributed by atoms with Gasteiger partial charge in [-0.25, -0.2) is 0 Å². The van der Waals surface area contributed by atoms with E-state index in [1.165, 1.54) is 14.2 Å². The molecule has 1 aromatic heterocycles. The Labute approximate surface area is 102 Å². The molecule has 0 amide bonds. The summed E-state index contributed by atoms with van der Waals surface area (Å²) in [5.41, 5.74) is 1.31. The molecular weight excluding hydrogens is 272 g/mol. The maximum atomic E-state index is 10.5. The lowest BCUT2D eigenvalue weighted by Crippen LogP contribution is -2.01. The molecule has 1 atom stereocenters. The second kappa shape index (κ2) is 4.90. The highest BCUT2D eigenvalue weighted by molar-refractivity contribution is 9.11. The molecule has 1 nitrogen and oxygen atoms in total. The van der Waals surface area contributed by atoms with E-state index < -0.39 is 0 Å². The fourth-order valence-corrected chi connectivity index (χ4v) is 3.08. The zero-order valence-corrected chi connectivity index (χ0v) is 10.6. The Bertz CT molecular complexity index is 417. The molecule has 1 aromatic rings. The molecule has 1 aliphatic rings. The van der Waals surface area contributed by atoms with Gasteiger partial charge in [0.1, 0.15) is 6.29 Å².